The standard InChI is InChI=1S/C11H14N2O/c1-6-10-9(5-12-13-10)7-3-2-4-8(7)11(6)14/h6,11,14H,2-5H2,1H3/t6-,11?/m0/s1. The Hall–Kier alpha value is -0.960. The molecule has 1 heterocycles. The monoisotopic (exact) mass is 190 g/mol. The summed E-state index contributed by atoms with van der Waals surface area (Å²) in [6, 6.07) is 0. The highest BCUT2D eigenvalue weighted by atomic mass is 16.3. The number of aliphatic hydroxyl groups excluding tert-OH is 1. The molecule has 2 aliphatic carbocycles. The zero-order valence-corrected chi connectivity index (χ0v) is 8.32. The molecule has 3 rings (SSSR count). The third-order valence-corrected chi connectivity index (χ3v) is 3.60. The Morgan fingerprint density at radius 2 is 2.14 bits per heavy atom. The summed E-state index contributed by atoms with van der Waals surface area (Å²) in [6.45, 7) is 2.79. The fourth-order valence-corrected chi connectivity index (χ4v) is 2.83. The Labute approximate surface area is 83.2 Å². The molecule has 2 atom stereocenters. The van der Waals surface area contributed by atoms with Gasteiger partial charge in [-0.25, -0.2) is 0 Å². The first-order chi connectivity index (χ1) is 6.79. The zero-order chi connectivity index (χ0) is 9.71. The number of nitrogens with zero attached hydrogens (tertiary/aromatic N) is 2. The topological polar surface area (TPSA) is 45.0 Å². The molecule has 0 bridgehead atoms. The maximum absolute atomic E-state index is 10.1. The second-order valence-electron chi connectivity index (χ2n) is 4.35. The Morgan fingerprint density at radius 1 is 1.29 bits per heavy atom. The van der Waals surface area contributed by atoms with Gasteiger partial charge in [0, 0.05) is 11.5 Å². The van der Waals surface area contributed by atoms with Crippen LogP contribution >= 0.6 is 0 Å². The van der Waals surface area contributed by atoms with E-state index >= 15 is 0 Å². The summed E-state index contributed by atoms with van der Waals surface area (Å²) < 4.78 is 0. The van der Waals surface area contributed by atoms with E-state index in [-0.39, 0.29) is 12.0 Å². The van der Waals surface area contributed by atoms with Gasteiger partial charge in [0.05, 0.1) is 18.3 Å². The molecular weight excluding hydrogens is 176 g/mol. The van der Waals surface area contributed by atoms with E-state index in [4.69, 9.17) is 0 Å². The highest BCUT2D eigenvalue weighted by Gasteiger charge is 2.37. The van der Waals surface area contributed by atoms with Crippen LogP contribution in [0.4, 0.5) is 0 Å². The van der Waals surface area contributed by atoms with Crippen molar-refractivity contribution in [2.45, 2.75) is 32.3 Å². The fourth-order valence-electron chi connectivity index (χ4n) is 2.83. The molecule has 0 spiro atoms. The molecule has 0 saturated carbocycles. The molecule has 0 amide bonds. The molecule has 3 aliphatic rings. The van der Waals surface area contributed by atoms with E-state index in [2.05, 4.69) is 10.2 Å². The van der Waals surface area contributed by atoms with Crippen LogP contribution in [0.1, 0.15) is 26.2 Å². The molecule has 1 aliphatic heterocycles. The van der Waals surface area contributed by atoms with E-state index in [9.17, 15) is 5.11 Å². The van der Waals surface area contributed by atoms with Gasteiger partial charge in [-0.05, 0) is 30.4 Å². The largest absolute Gasteiger partial charge is 0.388 e. The van der Waals surface area contributed by atoms with Gasteiger partial charge in [0.25, 0.3) is 0 Å². The molecule has 3 nitrogen and oxygen atoms in total. The van der Waals surface area contributed by atoms with Crippen LogP contribution in [0, 0.1) is 5.92 Å². The third kappa shape index (κ3) is 0.906. The molecule has 1 N–H and O–H groups in total. The van der Waals surface area contributed by atoms with Gasteiger partial charge in [-0.3, -0.25) is 0 Å². The van der Waals surface area contributed by atoms with Crippen molar-refractivity contribution in [1.29, 1.82) is 0 Å². The Bertz CT molecular complexity index is 379. The van der Waals surface area contributed by atoms with Crippen molar-refractivity contribution in [2.24, 2.45) is 16.1 Å². The van der Waals surface area contributed by atoms with Gasteiger partial charge in [0.1, 0.15) is 0 Å². The lowest BCUT2D eigenvalue weighted by Gasteiger charge is -2.26. The molecule has 0 fully saturated rings. The van der Waals surface area contributed by atoms with Crippen LogP contribution in [-0.2, 0) is 0 Å². The van der Waals surface area contributed by atoms with Gasteiger partial charge in [0.15, 0.2) is 0 Å². The first kappa shape index (κ1) is 8.36. The second-order valence-corrected chi connectivity index (χ2v) is 4.35. The minimum atomic E-state index is -0.303. The van der Waals surface area contributed by atoms with Gasteiger partial charge in [-0.1, -0.05) is 6.92 Å². The minimum Gasteiger partial charge on any atom is -0.388 e. The van der Waals surface area contributed by atoms with Crippen molar-refractivity contribution in [3.8, 4) is 0 Å². The zero-order valence-electron chi connectivity index (χ0n) is 8.32. The molecule has 0 aromatic rings. The minimum absolute atomic E-state index is 0.146. The molecule has 1 unspecified atom stereocenters. The Kier molecular flexibility index (Phi) is 1.65. The number of hydrogen-bond donors (Lipinski definition) is 1. The van der Waals surface area contributed by atoms with Crippen LogP contribution < -0.4 is 0 Å². The molecule has 0 saturated heterocycles. The molecule has 0 aromatic heterocycles. The molecule has 14 heavy (non-hydrogen) atoms. The summed E-state index contributed by atoms with van der Waals surface area (Å²) in [4.78, 5) is 0. The van der Waals surface area contributed by atoms with Crippen molar-refractivity contribution >= 4 is 0 Å². The van der Waals surface area contributed by atoms with E-state index in [0.29, 0.717) is 0 Å². The average Bonchev–Trinajstić information content (AvgIpc) is 2.80. The Morgan fingerprint density at radius 3 is 3.00 bits per heavy atom. The van der Waals surface area contributed by atoms with Crippen LogP contribution in [-0.4, -0.2) is 17.8 Å². The summed E-state index contributed by atoms with van der Waals surface area (Å²) in [6.07, 6.45) is 3.06. The average molecular weight is 190 g/mol. The predicted octanol–water partition coefficient (Wildman–Crippen LogP) is 2.20. The number of rotatable bonds is 0. The summed E-state index contributed by atoms with van der Waals surface area (Å²) in [5, 5.41) is 18.3. The van der Waals surface area contributed by atoms with Crippen LogP contribution in [0.15, 0.2) is 32.6 Å². The third-order valence-electron chi connectivity index (χ3n) is 3.60. The van der Waals surface area contributed by atoms with E-state index in [1.165, 1.54) is 23.1 Å². The van der Waals surface area contributed by atoms with Crippen LogP contribution in [0.5, 0.6) is 0 Å². The van der Waals surface area contributed by atoms with Crippen LogP contribution in [0.25, 0.3) is 0 Å². The van der Waals surface area contributed by atoms with E-state index in [1.807, 2.05) is 6.92 Å². The number of hydrogen-bond acceptors (Lipinski definition) is 3. The van der Waals surface area contributed by atoms with E-state index in [1.54, 1.807) is 0 Å². The quantitative estimate of drug-likeness (QED) is 0.625. The van der Waals surface area contributed by atoms with E-state index < -0.39 is 0 Å². The predicted molar refractivity (Wildman–Crippen MR) is 52.8 cm³/mol. The maximum Gasteiger partial charge on any atom is 0.0874 e. The van der Waals surface area contributed by atoms with Crippen molar-refractivity contribution in [3.63, 3.8) is 0 Å². The van der Waals surface area contributed by atoms with Gasteiger partial charge in [-0.2, -0.15) is 10.2 Å². The lowest BCUT2D eigenvalue weighted by Crippen LogP contribution is -2.25. The number of azo groups is 1. The molecule has 0 aromatic carbocycles. The smallest absolute Gasteiger partial charge is 0.0874 e. The number of aliphatic hydroxyl groups is 1. The summed E-state index contributed by atoms with van der Waals surface area (Å²) in [5.41, 5.74) is 4.99. The molecular formula is C11H14N2O. The lowest BCUT2D eigenvalue weighted by molar-refractivity contribution is 0.161. The van der Waals surface area contributed by atoms with Gasteiger partial charge < -0.3 is 5.11 Å². The SMILES string of the molecule is C[C@H]1C2=C(CN=N2)C2=C(CCC2)C1O. The van der Waals surface area contributed by atoms with Crippen molar-refractivity contribution in [3.05, 3.63) is 22.4 Å². The first-order valence-corrected chi connectivity index (χ1v) is 5.30. The summed E-state index contributed by atoms with van der Waals surface area (Å²) >= 11 is 0. The van der Waals surface area contributed by atoms with E-state index in [0.717, 1.165) is 25.1 Å². The summed E-state index contributed by atoms with van der Waals surface area (Å²) in [7, 11) is 0. The molecule has 0 radical (unpaired) electrons. The van der Waals surface area contributed by atoms with Crippen molar-refractivity contribution in [2.75, 3.05) is 6.54 Å². The second kappa shape index (κ2) is 2.76. The molecule has 74 valence electrons. The fraction of sp³-hybridized carbons (Fsp3) is 0.636. The normalized spacial score (nSPS) is 35.3. The van der Waals surface area contributed by atoms with Gasteiger partial charge >= 0.3 is 0 Å². The van der Waals surface area contributed by atoms with Crippen LogP contribution in [0.3, 0.4) is 0 Å². The summed E-state index contributed by atoms with van der Waals surface area (Å²) in [5.74, 6) is 0.146. The number of fused-ring (bicyclic) bond motifs is 1. The van der Waals surface area contributed by atoms with Gasteiger partial charge in [0.2, 0.25) is 0 Å². The highest BCUT2D eigenvalue weighted by molar-refractivity contribution is 5.49. The highest BCUT2D eigenvalue weighted by Crippen LogP contribution is 2.45. The lowest BCUT2D eigenvalue weighted by atomic mass is 9.82. The maximum atomic E-state index is 10.1. The Balaban J connectivity index is 2.13. The first-order valence-electron chi connectivity index (χ1n) is 5.30. The van der Waals surface area contributed by atoms with Crippen molar-refractivity contribution < 1.29 is 5.11 Å². The van der Waals surface area contributed by atoms with Crippen LogP contribution in [0.2, 0.25) is 0 Å². The molecule has 3 heteroatoms. The van der Waals surface area contributed by atoms with Gasteiger partial charge in [-0.15, -0.1) is 0 Å². The van der Waals surface area contributed by atoms with Crippen molar-refractivity contribution in [1.82, 2.24) is 0 Å².